The monoisotopic (exact) mass is 544 g/mol. The summed E-state index contributed by atoms with van der Waals surface area (Å²) in [5.74, 6) is 0.878. The summed E-state index contributed by atoms with van der Waals surface area (Å²) < 4.78 is 12.5. The van der Waals surface area contributed by atoms with Gasteiger partial charge in [0.05, 0.1) is 19.2 Å². The van der Waals surface area contributed by atoms with Crippen molar-refractivity contribution in [1.82, 2.24) is 24.4 Å². The first kappa shape index (κ1) is 33.9. The van der Waals surface area contributed by atoms with Crippen molar-refractivity contribution in [2.24, 2.45) is 0 Å². The van der Waals surface area contributed by atoms with E-state index in [0.717, 1.165) is 57.0 Å². The summed E-state index contributed by atoms with van der Waals surface area (Å²) in [7, 11) is 4.73. The number of anilines is 1. The molecule has 0 aliphatic carbocycles. The maximum absolute atomic E-state index is 13.4. The van der Waals surface area contributed by atoms with Crippen molar-refractivity contribution in [2.45, 2.75) is 59.9 Å². The van der Waals surface area contributed by atoms with Gasteiger partial charge in [-0.3, -0.25) is 9.36 Å². The molecule has 0 aromatic carbocycles. The molecule has 0 radical (unpaired) electrons. The molecule has 39 heavy (non-hydrogen) atoms. The number of aliphatic hydroxyl groups excluding tert-OH is 1. The topological polar surface area (TPSA) is 115 Å². The van der Waals surface area contributed by atoms with Crippen LogP contribution in [-0.4, -0.2) is 83.6 Å². The van der Waals surface area contributed by atoms with E-state index < -0.39 is 0 Å². The first-order chi connectivity index (χ1) is 19.1. The molecule has 0 bridgehead atoms. The number of hydrogen-bond donors (Lipinski definition) is 2. The Morgan fingerprint density at radius 1 is 1.00 bits per heavy atom. The highest BCUT2D eigenvalue weighted by atomic mass is 16.5. The molecular weight excluding hydrogens is 496 g/mol. The van der Waals surface area contributed by atoms with E-state index in [4.69, 9.17) is 14.6 Å². The van der Waals surface area contributed by atoms with Crippen LogP contribution in [0.4, 0.5) is 5.82 Å². The molecule has 3 heterocycles. The van der Waals surface area contributed by atoms with Gasteiger partial charge in [0, 0.05) is 56.4 Å². The number of pyridine rings is 2. The lowest BCUT2D eigenvalue weighted by Crippen LogP contribution is -2.28. The predicted octanol–water partition coefficient (Wildman–Crippen LogP) is 4.46. The van der Waals surface area contributed by atoms with Crippen LogP contribution in [0.15, 0.2) is 35.4 Å². The Balaban J connectivity index is 0.00000181. The fraction of sp³-hybridized carbons (Fsp3) is 0.586. The van der Waals surface area contributed by atoms with Crippen LogP contribution in [0.3, 0.4) is 0 Å². The van der Waals surface area contributed by atoms with E-state index in [0.29, 0.717) is 49.2 Å². The van der Waals surface area contributed by atoms with E-state index in [2.05, 4.69) is 46.1 Å². The van der Waals surface area contributed by atoms with E-state index in [9.17, 15) is 4.79 Å². The van der Waals surface area contributed by atoms with Gasteiger partial charge in [0.2, 0.25) is 5.88 Å². The minimum Gasteiger partial charge on any atom is -0.481 e. The van der Waals surface area contributed by atoms with Crippen LogP contribution in [0, 0.1) is 0 Å². The Morgan fingerprint density at radius 3 is 2.38 bits per heavy atom. The fourth-order valence-electron chi connectivity index (χ4n) is 3.90. The van der Waals surface area contributed by atoms with E-state index in [1.807, 2.05) is 26.0 Å². The Kier molecular flexibility index (Phi) is 17.3. The van der Waals surface area contributed by atoms with Crippen LogP contribution in [0.2, 0.25) is 0 Å². The first-order valence-corrected chi connectivity index (χ1v) is 13.9. The summed E-state index contributed by atoms with van der Waals surface area (Å²) in [6.45, 7) is 12.6. The normalized spacial score (nSPS) is 10.5. The number of aliphatic hydroxyl groups is 1. The van der Waals surface area contributed by atoms with Gasteiger partial charge in [-0.2, -0.15) is 0 Å². The molecule has 0 spiro atoms. The maximum Gasteiger partial charge on any atom is 0.293 e. The summed E-state index contributed by atoms with van der Waals surface area (Å²) in [5.41, 5.74) is 2.78. The quantitative estimate of drug-likeness (QED) is 0.268. The Hall–Kier alpha value is -3.08. The standard InChI is InChI=1S/C26H38N6O3.C2H6.CH4O/c1-5-12-31(3)13-8-7-11-27-25-26(33)32(14-16-35-15-6-2)22-17-21(19-29-24(22)30-25)20-9-10-23(34-4)28-18-20;2*1-2/h9-10,17-19H,5-8,11-16H2,1-4H3,(H,27,29,30);1-2H3;2H,1H3. The van der Waals surface area contributed by atoms with E-state index in [-0.39, 0.29) is 5.56 Å². The third-order valence-corrected chi connectivity index (χ3v) is 5.75. The molecule has 0 amide bonds. The van der Waals surface area contributed by atoms with Crippen LogP contribution in [0.5, 0.6) is 5.88 Å². The second-order valence-electron chi connectivity index (χ2n) is 8.62. The number of fused-ring (bicyclic) bond motifs is 1. The number of rotatable bonds is 15. The summed E-state index contributed by atoms with van der Waals surface area (Å²) in [4.78, 5) is 29.1. The minimum atomic E-state index is -0.160. The summed E-state index contributed by atoms with van der Waals surface area (Å²) in [6, 6.07) is 5.66. The SMILES string of the molecule is CC.CCCOCCn1c(=O)c(NCCCCN(C)CCC)nc2ncc(-c3ccc(OC)nc3)cc21.CO. The van der Waals surface area contributed by atoms with Crippen molar-refractivity contribution in [3.05, 3.63) is 40.9 Å². The van der Waals surface area contributed by atoms with Crippen LogP contribution < -0.4 is 15.6 Å². The third-order valence-electron chi connectivity index (χ3n) is 5.75. The Morgan fingerprint density at radius 2 is 1.74 bits per heavy atom. The van der Waals surface area contributed by atoms with Crippen molar-refractivity contribution in [3.8, 4) is 17.0 Å². The lowest BCUT2D eigenvalue weighted by Gasteiger charge is -2.16. The molecule has 2 N–H and O–H groups in total. The van der Waals surface area contributed by atoms with Gasteiger partial charge in [-0.25, -0.2) is 15.0 Å². The average Bonchev–Trinajstić information content (AvgIpc) is 2.98. The highest BCUT2D eigenvalue weighted by Gasteiger charge is 2.13. The third kappa shape index (κ3) is 10.9. The predicted molar refractivity (Wildman–Crippen MR) is 160 cm³/mol. The highest BCUT2D eigenvalue weighted by Crippen LogP contribution is 2.23. The molecule has 0 saturated carbocycles. The van der Waals surface area contributed by atoms with Gasteiger partial charge in [0.1, 0.15) is 0 Å². The van der Waals surface area contributed by atoms with Crippen molar-refractivity contribution in [3.63, 3.8) is 0 Å². The Labute approximate surface area is 233 Å². The van der Waals surface area contributed by atoms with Gasteiger partial charge in [-0.05, 0) is 58.0 Å². The molecule has 3 rings (SSSR count). The maximum atomic E-state index is 13.4. The molecule has 0 aliphatic rings. The average molecular weight is 545 g/mol. The highest BCUT2D eigenvalue weighted by molar-refractivity contribution is 5.78. The zero-order valence-corrected chi connectivity index (χ0v) is 24.9. The van der Waals surface area contributed by atoms with Gasteiger partial charge in [0.15, 0.2) is 11.5 Å². The zero-order valence-electron chi connectivity index (χ0n) is 24.9. The molecule has 0 saturated heterocycles. The number of nitrogens with zero attached hydrogens (tertiary/aromatic N) is 5. The summed E-state index contributed by atoms with van der Waals surface area (Å²) in [5, 5.41) is 10.2. The van der Waals surface area contributed by atoms with Crippen molar-refractivity contribution in [2.75, 3.05) is 59.4 Å². The molecule has 3 aromatic heterocycles. The molecule has 0 unspecified atom stereocenters. The molecule has 10 heteroatoms. The molecular formula is C29H48N6O4. The van der Waals surface area contributed by atoms with Gasteiger partial charge in [-0.1, -0.05) is 27.7 Å². The van der Waals surface area contributed by atoms with Crippen LogP contribution >= 0.6 is 0 Å². The molecule has 10 nitrogen and oxygen atoms in total. The molecule has 0 atom stereocenters. The van der Waals surface area contributed by atoms with Crippen molar-refractivity contribution in [1.29, 1.82) is 0 Å². The van der Waals surface area contributed by atoms with Gasteiger partial charge in [0.25, 0.3) is 5.56 Å². The summed E-state index contributed by atoms with van der Waals surface area (Å²) >= 11 is 0. The van der Waals surface area contributed by atoms with Crippen LogP contribution in [-0.2, 0) is 11.3 Å². The molecule has 3 aromatic rings. The van der Waals surface area contributed by atoms with Crippen LogP contribution in [0.25, 0.3) is 22.3 Å². The van der Waals surface area contributed by atoms with Gasteiger partial charge < -0.3 is 24.8 Å². The zero-order chi connectivity index (χ0) is 29.0. The lowest BCUT2D eigenvalue weighted by atomic mass is 10.1. The van der Waals surface area contributed by atoms with Gasteiger partial charge >= 0.3 is 0 Å². The van der Waals surface area contributed by atoms with E-state index in [1.165, 1.54) is 0 Å². The Bertz CT molecular complexity index is 1120. The molecule has 218 valence electrons. The number of unbranched alkanes of at least 4 members (excludes halogenated alkanes) is 1. The summed E-state index contributed by atoms with van der Waals surface area (Å²) in [6.07, 6.45) is 7.60. The fourth-order valence-corrected chi connectivity index (χ4v) is 3.90. The largest absolute Gasteiger partial charge is 0.481 e. The first-order valence-electron chi connectivity index (χ1n) is 13.9. The number of hydrogen-bond acceptors (Lipinski definition) is 9. The number of methoxy groups -OCH3 is 1. The number of ether oxygens (including phenoxy) is 2. The molecule has 0 fully saturated rings. The van der Waals surface area contributed by atoms with E-state index in [1.54, 1.807) is 30.1 Å². The van der Waals surface area contributed by atoms with Crippen molar-refractivity contribution >= 4 is 17.0 Å². The van der Waals surface area contributed by atoms with E-state index >= 15 is 0 Å². The van der Waals surface area contributed by atoms with Crippen LogP contribution in [0.1, 0.15) is 53.4 Å². The second kappa shape index (κ2) is 19.9. The lowest BCUT2D eigenvalue weighted by molar-refractivity contribution is 0.127. The molecule has 0 aliphatic heterocycles. The second-order valence-corrected chi connectivity index (χ2v) is 8.62. The smallest absolute Gasteiger partial charge is 0.293 e. The van der Waals surface area contributed by atoms with Gasteiger partial charge in [-0.15, -0.1) is 0 Å². The number of aromatic nitrogens is 4. The number of nitrogens with one attached hydrogen (secondary N) is 1. The van der Waals surface area contributed by atoms with Crippen molar-refractivity contribution < 1.29 is 14.6 Å². The minimum absolute atomic E-state index is 0.160.